The Balaban J connectivity index is 1.50. The van der Waals surface area contributed by atoms with Crippen LogP contribution in [-0.2, 0) is 20.9 Å². The van der Waals surface area contributed by atoms with Crippen LogP contribution in [0.4, 0.5) is 5.69 Å². The SMILES string of the molecule is CN(C)c1cccc2c(C3=C(c4c[nH]c5ccccc45)C(=O)NC3=O)cn(CC(O)CN3CCOCC3)c12. The number of aromatic amines is 1. The first-order chi connectivity index (χ1) is 18.4. The van der Waals surface area contributed by atoms with Gasteiger partial charge in [-0.2, -0.15) is 0 Å². The van der Waals surface area contributed by atoms with Crippen molar-refractivity contribution in [1.82, 2.24) is 19.8 Å². The summed E-state index contributed by atoms with van der Waals surface area (Å²) in [5.74, 6) is -0.828. The predicted molar refractivity (Wildman–Crippen MR) is 148 cm³/mol. The number of fused-ring (bicyclic) bond motifs is 2. The molecule has 2 aromatic heterocycles. The van der Waals surface area contributed by atoms with Crippen LogP contribution in [0.2, 0.25) is 0 Å². The maximum absolute atomic E-state index is 13.3. The van der Waals surface area contributed by atoms with Crippen molar-refractivity contribution in [3.8, 4) is 0 Å². The molecule has 0 spiro atoms. The quantitative estimate of drug-likeness (QED) is 0.328. The first-order valence-corrected chi connectivity index (χ1v) is 12.9. The fourth-order valence-corrected chi connectivity index (χ4v) is 5.66. The zero-order valence-corrected chi connectivity index (χ0v) is 21.5. The first-order valence-electron chi connectivity index (χ1n) is 12.9. The van der Waals surface area contributed by atoms with E-state index in [1.54, 1.807) is 6.20 Å². The van der Waals surface area contributed by atoms with Crippen LogP contribution >= 0.6 is 0 Å². The number of nitrogens with one attached hydrogen (secondary N) is 2. The Labute approximate surface area is 220 Å². The molecule has 196 valence electrons. The lowest BCUT2D eigenvalue weighted by Crippen LogP contribution is -2.42. The number of H-pyrrole nitrogens is 1. The molecular formula is C29H31N5O4. The average molecular weight is 514 g/mol. The number of carbonyl (C=O) groups is 2. The highest BCUT2D eigenvalue weighted by Crippen LogP contribution is 2.40. The number of aromatic nitrogens is 2. The van der Waals surface area contributed by atoms with Gasteiger partial charge in [0.15, 0.2) is 0 Å². The van der Waals surface area contributed by atoms with Gasteiger partial charge < -0.3 is 24.3 Å². The van der Waals surface area contributed by atoms with Crippen molar-refractivity contribution in [1.29, 1.82) is 0 Å². The van der Waals surface area contributed by atoms with Crippen LogP contribution in [-0.4, -0.2) is 84.4 Å². The number of β-amino-alcohol motifs (C(OH)–C–C–N with tert-alkyl or cyclic N) is 1. The number of hydrogen-bond acceptors (Lipinski definition) is 6. The van der Waals surface area contributed by atoms with Crippen LogP contribution < -0.4 is 10.2 Å². The van der Waals surface area contributed by atoms with Crippen LogP contribution in [0, 0.1) is 0 Å². The van der Waals surface area contributed by atoms with Gasteiger partial charge in [-0.3, -0.25) is 19.8 Å². The van der Waals surface area contributed by atoms with E-state index < -0.39 is 17.9 Å². The van der Waals surface area contributed by atoms with Gasteiger partial charge in [0.2, 0.25) is 0 Å². The number of aliphatic hydroxyl groups excluding tert-OH is 1. The molecule has 2 aromatic carbocycles. The molecule has 0 bridgehead atoms. The van der Waals surface area contributed by atoms with Gasteiger partial charge in [0.1, 0.15) is 0 Å². The van der Waals surface area contributed by atoms with Gasteiger partial charge in [-0.15, -0.1) is 0 Å². The number of amides is 2. The number of anilines is 1. The van der Waals surface area contributed by atoms with E-state index in [0.29, 0.717) is 48.6 Å². The summed E-state index contributed by atoms with van der Waals surface area (Å²) >= 11 is 0. The summed E-state index contributed by atoms with van der Waals surface area (Å²) in [5.41, 5.74) is 4.84. The molecule has 0 aliphatic carbocycles. The van der Waals surface area contributed by atoms with Crippen molar-refractivity contribution < 1.29 is 19.4 Å². The highest BCUT2D eigenvalue weighted by atomic mass is 16.5. The van der Waals surface area contributed by atoms with Gasteiger partial charge in [-0.05, 0) is 12.1 Å². The zero-order chi connectivity index (χ0) is 26.4. The second-order valence-corrected chi connectivity index (χ2v) is 10.1. The number of benzene rings is 2. The number of imide groups is 1. The number of aliphatic hydroxyl groups is 1. The summed E-state index contributed by atoms with van der Waals surface area (Å²) in [6.45, 7) is 3.81. The molecule has 2 aliphatic rings. The van der Waals surface area contributed by atoms with Gasteiger partial charge >= 0.3 is 0 Å². The first kappa shape index (κ1) is 24.4. The molecule has 1 atom stereocenters. The van der Waals surface area contributed by atoms with E-state index in [-0.39, 0.29) is 0 Å². The standard InChI is InChI=1S/C29H31N5O4/c1-32(2)24-9-5-7-20-22(17-34(27(20)24)16-18(35)15-33-10-12-38-13-11-33)26-25(28(36)31-29(26)37)21-14-30-23-8-4-3-6-19(21)23/h3-9,14,17-18,30,35H,10-13,15-16H2,1-2H3,(H,31,36,37). The molecule has 1 fully saturated rings. The van der Waals surface area contributed by atoms with E-state index >= 15 is 0 Å². The van der Waals surface area contributed by atoms with Crippen molar-refractivity contribution in [2.24, 2.45) is 0 Å². The average Bonchev–Trinajstić information content (AvgIpc) is 3.57. The lowest BCUT2D eigenvalue weighted by Gasteiger charge is -2.28. The number of rotatable bonds is 7. The third kappa shape index (κ3) is 4.18. The van der Waals surface area contributed by atoms with Crippen molar-refractivity contribution in [2.75, 3.05) is 51.8 Å². The van der Waals surface area contributed by atoms with E-state index in [4.69, 9.17) is 4.74 Å². The van der Waals surface area contributed by atoms with E-state index in [0.717, 1.165) is 40.6 Å². The maximum atomic E-state index is 13.3. The van der Waals surface area contributed by atoms with E-state index in [9.17, 15) is 14.7 Å². The van der Waals surface area contributed by atoms with Crippen LogP contribution in [0.1, 0.15) is 11.1 Å². The summed E-state index contributed by atoms with van der Waals surface area (Å²) in [6.07, 6.45) is 3.07. The molecule has 1 unspecified atom stereocenters. The minimum absolute atomic E-state index is 0.349. The van der Waals surface area contributed by atoms with Crippen molar-refractivity contribution in [2.45, 2.75) is 12.6 Å². The normalized spacial score (nSPS) is 17.6. The van der Waals surface area contributed by atoms with Crippen molar-refractivity contribution in [3.05, 3.63) is 66.0 Å². The molecule has 4 heterocycles. The molecule has 2 aliphatic heterocycles. The zero-order valence-electron chi connectivity index (χ0n) is 21.5. The minimum Gasteiger partial charge on any atom is -0.390 e. The number of para-hydroxylation sites is 2. The highest BCUT2D eigenvalue weighted by molar-refractivity contribution is 6.50. The van der Waals surface area contributed by atoms with E-state index in [1.165, 1.54) is 0 Å². The van der Waals surface area contributed by atoms with Crippen LogP contribution in [0.5, 0.6) is 0 Å². The molecule has 9 nitrogen and oxygen atoms in total. The van der Waals surface area contributed by atoms with E-state index in [1.807, 2.05) is 72.2 Å². The Bertz CT molecular complexity index is 1570. The molecule has 4 aromatic rings. The molecule has 9 heteroatoms. The smallest absolute Gasteiger partial charge is 0.259 e. The summed E-state index contributed by atoms with van der Waals surface area (Å²) in [6, 6.07) is 13.7. The molecule has 1 saturated heterocycles. The number of nitrogens with zero attached hydrogens (tertiary/aromatic N) is 3. The summed E-state index contributed by atoms with van der Waals surface area (Å²) < 4.78 is 7.45. The van der Waals surface area contributed by atoms with Crippen LogP contribution in [0.15, 0.2) is 54.9 Å². The Kier molecular flexibility index (Phi) is 6.27. The molecule has 3 N–H and O–H groups in total. The lowest BCUT2D eigenvalue weighted by molar-refractivity contribution is -0.122. The van der Waals surface area contributed by atoms with Gasteiger partial charge in [0, 0.05) is 80.1 Å². The minimum atomic E-state index is -0.618. The second-order valence-electron chi connectivity index (χ2n) is 10.1. The monoisotopic (exact) mass is 513 g/mol. The fourth-order valence-electron chi connectivity index (χ4n) is 5.66. The third-order valence-electron chi connectivity index (χ3n) is 7.40. The predicted octanol–water partition coefficient (Wildman–Crippen LogP) is 2.45. The van der Waals surface area contributed by atoms with Gasteiger partial charge in [0.05, 0.1) is 41.7 Å². The Morgan fingerprint density at radius 3 is 2.42 bits per heavy atom. The molecule has 38 heavy (non-hydrogen) atoms. The third-order valence-corrected chi connectivity index (χ3v) is 7.40. The largest absolute Gasteiger partial charge is 0.390 e. The molecular weight excluding hydrogens is 482 g/mol. The Morgan fingerprint density at radius 2 is 1.66 bits per heavy atom. The molecule has 2 amide bonds. The van der Waals surface area contributed by atoms with Crippen molar-refractivity contribution >= 4 is 50.5 Å². The molecule has 0 radical (unpaired) electrons. The maximum Gasteiger partial charge on any atom is 0.259 e. The topological polar surface area (TPSA) is 103 Å². The van der Waals surface area contributed by atoms with Crippen LogP contribution in [0.25, 0.3) is 33.0 Å². The van der Waals surface area contributed by atoms with Crippen LogP contribution in [0.3, 0.4) is 0 Å². The number of ether oxygens (including phenoxy) is 1. The summed E-state index contributed by atoms with van der Waals surface area (Å²) in [4.78, 5) is 33.9. The number of carbonyl (C=O) groups excluding carboxylic acids is 2. The van der Waals surface area contributed by atoms with Gasteiger partial charge in [-0.25, -0.2) is 0 Å². The fraction of sp³-hybridized carbons (Fsp3) is 0.310. The summed E-state index contributed by atoms with van der Waals surface area (Å²) in [7, 11) is 3.94. The Morgan fingerprint density at radius 1 is 0.947 bits per heavy atom. The van der Waals surface area contributed by atoms with Gasteiger partial charge in [-0.1, -0.05) is 30.3 Å². The van der Waals surface area contributed by atoms with E-state index in [2.05, 4.69) is 15.2 Å². The highest BCUT2D eigenvalue weighted by Gasteiger charge is 2.35. The second kappa shape index (κ2) is 9.75. The molecule has 6 rings (SSSR count). The number of morpholine rings is 1. The van der Waals surface area contributed by atoms with Crippen molar-refractivity contribution in [3.63, 3.8) is 0 Å². The number of hydrogen-bond donors (Lipinski definition) is 3. The Hall–Kier alpha value is -3.92. The summed E-state index contributed by atoms with van der Waals surface area (Å²) in [5, 5.41) is 15.3. The van der Waals surface area contributed by atoms with Gasteiger partial charge in [0.25, 0.3) is 11.8 Å². The lowest BCUT2D eigenvalue weighted by atomic mass is 9.95. The molecule has 0 saturated carbocycles.